The van der Waals surface area contributed by atoms with E-state index in [1.807, 2.05) is 27.7 Å². The maximum absolute atomic E-state index is 13.1. The van der Waals surface area contributed by atoms with Gasteiger partial charge in [0.15, 0.2) is 0 Å². The molecule has 1 N–H and O–H groups in total. The van der Waals surface area contributed by atoms with E-state index in [-0.39, 0.29) is 35.6 Å². The molecule has 0 atom stereocenters. The molecule has 0 radical (unpaired) electrons. The number of halogens is 1. The maximum atomic E-state index is 13.1. The quantitative estimate of drug-likeness (QED) is 0.578. The van der Waals surface area contributed by atoms with Crippen molar-refractivity contribution in [2.75, 3.05) is 6.54 Å². The average molecular weight is 453 g/mol. The van der Waals surface area contributed by atoms with Crippen LogP contribution in [0.4, 0.5) is 4.79 Å². The van der Waals surface area contributed by atoms with Crippen LogP contribution in [0.25, 0.3) is 0 Å². The molecule has 0 saturated heterocycles. The standard InChI is InChI=1S/C21H29ClN4O3S/c1-6-10-25(20(27)24-15(2)3)13-19-12-23-21(26(19)16(4)5)30(28,29)14-17-8-7-9-18(22)11-17/h6-9,11-12,15-16H,1,10,13-14H2,2-5H3,(H,24,27). The molecule has 0 aliphatic rings. The van der Waals surface area contributed by atoms with E-state index in [9.17, 15) is 13.2 Å². The third kappa shape index (κ3) is 6.09. The van der Waals surface area contributed by atoms with Crippen LogP contribution in [0.5, 0.6) is 0 Å². The second-order valence-electron chi connectivity index (χ2n) is 7.66. The fourth-order valence-electron chi connectivity index (χ4n) is 3.10. The Hall–Kier alpha value is -2.32. The van der Waals surface area contributed by atoms with Crippen LogP contribution in [0.3, 0.4) is 0 Å². The van der Waals surface area contributed by atoms with Gasteiger partial charge in [0.05, 0.1) is 24.2 Å². The first-order chi connectivity index (χ1) is 14.0. The fourth-order valence-corrected chi connectivity index (χ4v) is 4.90. The number of hydrogen-bond acceptors (Lipinski definition) is 4. The Bertz CT molecular complexity index is 999. The molecule has 2 amide bonds. The molecule has 30 heavy (non-hydrogen) atoms. The summed E-state index contributed by atoms with van der Waals surface area (Å²) in [6.45, 7) is 11.8. The van der Waals surface area contributed by atoms with Gasteiger partial charge in [0.1, 0.15) is 0 Å². The van der Waals surface area contributed by atoms with Crippen LogP contribution in [0.15, 0.2) is 48.3 Å². The normalized spacial score (nSPS) is 11.7. The molecule has 0 spiro atoms. The minimum atomic E-state index is -3.72. The van der Waals surface area contributed by atoms with Crippen LogP contribution in [-0.4, -0.2) is 41.5 Å². The van der Waals surface area contributed by atoms with E-state index in [0.29, 0.717) is 22.8 Å². The third-order valence-corrected chi connectivity index (χ3v) is 6.09. The second-order valence-corrected chi connectivity index (χ2v) is 9.98. The molecule has 0 unspecified atom stereocenters. The van der Waals surface area contributed by atoms with E-state index >= 15 is 0 Å². The number of nitrogens with zero attached hydrogens (tertiary/aromatic N) is 3. The van der Waals surface area contributed by atoms with Gasteiger partial charge in [-0.25, -0.2) is 18.2 Å². The lowest BCUT2D eigenvalue weighted by Gasteiger charge is -2.24. The SMILES string of the molecule is C=CCN(Cc1cnc(S(=O)(=O)Cc2cccc(Cl)c2)n1C(C)C)C(=O)NC(C)C. The molecule has 0 aliphatic heterocycles. The Morgan fingerprint density at radius 3 is 2.60 bits per heavy atom. The van der Waals surface area contributed by atoms with Crippen LogP contribution >= 0.6 is 11.6 Å². The van der Waals surface area contributed by atoms with E-state index in [2.05, 4.69) is 16.9 Å². The minimum absolute atomic E-state index is 0.0182. The van der Waals surface area contributed by atoms with Gasteiger partial charge in [-0.05, 0) is 45.4 Å². The number of sulfone groups is 1. The van der Waals surface area contributed by atoms with Crippen molar-refractivity contribution in [1.29, 1.82) is 0 Å². The highest BCUT2D eigenvalue weighted by Crippen LogP contribution is 2.23. The van der Waals surface area contributed by atoms with Crippen LogP contribution in [0.1, 0.15) is 45.0 Å². The highest BCUT2D eigenvalue weighted by molar-refractivity contribution is 7.90. The van der Waals surface area contributed by atoms with Gasteiger partial charge in [0.2, 0.25) is 15.0 Å². The summed E-state index contributed by atoms with van der Waals surface area (Å²) in [5.74, 6) is -0.207. The van der Waals surface area contributed by atoms with Crippen LogP contribution in [0, 0.1) is 0 Å². The van der Waals surface area contributed by atoms with Gasteiger partial charge in [0, 0.05) is 23.7 Å². The zero-order chi connectivity index (χ0) is 22.5. The van der Waals surface area contributed by atoms with Gasteiger partial charge in [-0.3, -0.25) is 0 Å². The molecule has 1 heterocycles. The van der Waals surface area contributed by atoms with Gasteiger partial charge in [-0.15, -0.1) is 6.58 Å². The van der Waals surface area contributed by atoms with E-state index < -0.39 is 9.84 Å². The van der Waals surface area contributed by atoms with Crippen LogP contribution < -0.4 is 5.32 Å². The average Bonchev–Trinajstić information content (AvgIpc) is 3.05. The van der Waals surface area contributed by atoms with Crippen molar-refractivity contribution < 1.29 is 13.2 Å². The summed E-state index contributed by atoms with van der Waals surface area (Å²) in [6, 6.07) is 6.33. The minimum Gasteiger partial charge on any atom is -0.336 e. The lowest BCUT2D eigenvalue weighted by molar-refractivity contribution is 0.196. The predicted octanol–water partition coefficient (Wildman–Crippen LogP) is 4.20. The summed E-state index contributed by atoms with van der Waals surface area (Å²) in [5.41, 5.74) is 1.22. The molecule has 2 rings (SSSR count). The number of nitrogens with one attached hydrogen (secondary N) is 1. The van der Waals surface area contributed by atoms with Gasteiger partial charge in [-0.2, -0.15) is 0 Å². The van der Waals surface area contributed by atoms with Gasteiger partial charge < -0.3 is 14.8 Å². The number of aromatic nitrogens is 2. The zero-order valence-electron chi connectivity index (χ0n) is 17.8. The molecule has 0 fully saturated rings. The van der Waals surface area contributed by atoms with Crippen molar-refractivity contribution in [3.05, 3.63) is 59.4 Å². The van der Waals surface area contributed by atoms with Gasteiger partial charge in [-0.1, -0.05) is 29.8 Å². The van der Waals surface area contributed by atoms with Crippen molar-refractivity contribution in [3.8, 4) is 0 Å². The van der Waals surface area contributed by atoms with Crippen molar-refractivity contribution in [3.63, 3.8) is 0 Å². The molecule has 2 aromatic rings. The fraction of sp³-hybridized carbons (Fsp3) is 0.429. The molecular weight excluding hydrogens is 424 g/mol. The molecule has 1 aromatic carbocycles. The van der Waals surface area contributed by atoms with Crippen LogP contribution in [-0.2, 0) is 22.1 Å². The highest BCUT2D eigenvalue weighted by atomic mass is 35.5. The number of urea groups is 1. The Kier molecular flexibility index (Phi) is 8.09. The van der Waals surface area contributed by atoms with Crippen molar-refractivity contribution in [2.24, 2.45) is 0 Å². The number of carbonyl (C=O) groups is 1. The summed E-state index contributed by atoms with van der Waals surface area (Å²) in [7, 11) is -3.72. The number of rotatable bonds is 9. The Morgan fingerprint density at radius 1 is 1.33 bits per heavy atom. The maximum Gasteiger partial charge on any atom is 0.318 e. The van der Waals surface area contributed by atoms with Crippen molar-refractivity contribution >= 4 is 27.5 Å². The first-order valence-electron chi connectivity index (χ1n) is 9.74. The summed E-state index contributed by atoms with van der Waals surface area (Å²) in [4.78, 5) is 18.3. The first-order valence-corrected chi connectivity index (χ1v) is 11.8. The number of carbonyl (C=O) groups excluding carboxylic acids is 1. The Morgan fingerprint density at radius 2 is 2.03 bits per heavy atom. The molecule has 9 heteroatoms. The predicted molar refractivity (Wildman–Crippen MR) is 119 cm³/mol. The van der Waals surface area contributed by atoms with Gasteiger partial charge >= 0.3 is 6.03 Å². The zero-order valence-corrected chi connectivity index (χ0v) is 19.4. The van der Waals surface area contributed by atoms with E-state index in [1.54, 1.807) is 39.8 Å². The molecule has 1 aromatic heterocycles. The van der Waals surface area contributed by atoms with E-state index in [4.69, 9.17) is 11.6 Å². The largest absolute Gasteiger partial charge is 0.336 e. The number of amides is 2. The molecule has 0 saturated carbocycles. The van der Waals surface area contributed by atoms with E-state index in [1.165, 1.54) is 6.20 Å². The smallest absolute Gasteiger partial charge is 0.318 e. The molecule has 0 bridgehead atoms. The summed E-state index contributed by atoms with van der Waals surface area (Å²) >= 11 is 5.99. The molecule has 7 nitrogen and oxygen atoms in total. The lowest BCUT2D eigenvalue weighted by Crippen LogP contribution is -2.43. The molecule has 0 aliphatic carbocycles. The van der Waals surface area contributed by atoms with Crippen molar-refractivity contribution in [2.45, 2.75) is 57.2 Å². The van der Waals surface area contributed by atoms with E-state index in [0.717, 1.165) is 0 Å². The summed E-state index contributed by atoms with van der Waals surface area (Å²) in [5, 5.41) is 3.31. The molecule has 164 valence electrons. The third-order valence-electron chi connectivity index (χ3n) is 4.28. The van der Waals surface area contributed by atoms with Crippen molar-refractivity contribution in [1.82, 2.24) is 19.8 Å². The molecular formula is C21H29ClN4O3S. The monoisotopic (exact) mass is 452 g/mol. The highest BCUT2D eigenvalue weighted by Gasteiger charge is 2.27. The van der Waals surface area contributed by atoms with Crippen LogP contribution in [0.2, 0.25) is 5.02 Å². The summed E-state index contributed by atoms with van der Waals surface area (Å²) < 4.78 is 27.9. The summed E-state index contributed by atoms with van der Waals surface area (Å²) in [6.07, 6.45) is 3.15. The number of hydrogen-bond donors (Lipinski definition) is 1. The Balaban J connectivity index is 2.37. The van der Waals surface area contributed by atoms with Gasteiger partial charge in [0.25, 0.3) is 0 Å². The first kappa shape index (κ1) is 24.0. The number of benzene rings is 1. The number of imidazole rings is 1. The Labute approximate surface area is 183 Å². The lowest BCUT2D eigenvalue weighted by atomic mass is 10.2. The second kappa shape index (κ2) is 10.1. The topological polar surface area (TPSA) is 84.3 Å².